The van der Waals surface area contributed by atoms with Crippen LogP contribution in [0.1, 0.15) is 385 Å². The Morgan fingerprint density at radius 2 is 0.347 bits per heavy atom. The van der Waals surface area contributed by atoms with Gasteiger partial charge in [0.25, 0.3) is 0 Å². The molecule has 40 atom stereocenters. The zero-order valence-corrected chi connectivity index (χ0v) is 77.1. The van der Waals surface area contributed by atoms with Gasteiger partial charge in [-0.1, -0.05) is 128 Å². The lowest BCUT2D eigenvalue weighted by atomic mass is 9.53. The first-order valence-electron chi connectivity index (χ1n) is 55.9. The summed E-state index contributed by atoms with van der Waals surface area (Å²) in [7, 11) is 0. The molecule has 8 N–H and O–H groups in total. The molecular formula is C108H172N8O8. The van der Waals surface area contributed by atoms with E-state index < -0.39 is 0 Å². The van der Waals surface area contributed by atoms with Gasteiger partial charge in [-0.2, -0.15) is 0 Å². The molecule has 0 amide bonds. The average molecular weight is 1710 g/mol. The summed E-state index contributed by atoms with van der Waals surface area (Å²) in [5.74, 6) is 10.1. The van der Waals surface area contributed by atoms with Gasteiger partial charge < -0.3 is 61.5 Å². The Balaban J connectivity index is 0.554. The maximum atomic E-state index is 15.9. The van der Waals surface area contributed by atoms with Crippen LogP contribution in [0.4, 0.5) is 0 Å². The Labute approximate surface area is 748 Å². The maximum Gasteiger partial charge on any atom is 0.309 e. The minimum atomic E-state index is -0.0938. The second kappa shape index (κ2) is 37.8. The third-order valence-corrected chi connectivity index (χ3v) is 43.4. The van der Waals surface area contributed by atoms with Crippen LogP contribution < -0.4 is 42.5 Å². The van der Waals surface area contributed by atoms with Crippen LogP contribution in [0.5, 0.6) is 0 Å². The van der Waals surface area contributed by atoms with Crippen molar-refractivity contribution in [1.29, 1.82) is 0 Å². The van der Waals surface area contributed by atoms with Gasteiger partial charge in [0.15, 0.2) is 0 Å². The normalized spacial score (nSPS) is 53.2. The van der Waals surface area contributed by atoms with Crippen molar-refractivity contribution in [3.05, 3.63) is 0 Å². The lowest BCUT2D eigenvalue weighted by Gasteiger charge is -2.55. The van der Waals surface area contributed by atoms with E-state index in [2.05, 4.69) is 42.5 Å². The van der Waals surface area contributed by atoms with E-state index in [1.165, 1.54) is 283 Å². The van der Waals surface area contributed by atoms with E-state index in [0.29, 0.717) is 191 Å². The van der Waals surface area contributed by atoms with Gasteiger partial charge in [0, 0.05) is 120 Å². The SMILES string of the molecule is O=C1OC2CCC3CCCCC3C2C2C(CCC3CCCCC32)OC(=O)C2CCCC(C2)C2C3CCC(CC4CCC(N4)C(C4CCCC(C4)C(=O)OC4CCC5CCCCC5C4C4C(CCC5CCCCC54)OC(=O)C4CCCC(C4)C4C5CCC(CC6CCC(N6)C(C6CCCC1C6)C1CCC(CC6CCC4N6)N1)N5)C1CCC(CC4CCC2N4)N1)N3. The molecule has 14 saturated heterocycles. The molecule has 124 heavy (non-hydrogen) atoms. The molecule has 28 bridgehead atoms. The molecule has 26 rings (SSSR count). The Bertz CT molecular complexity index is 3100. The minimum Gasteiger partial charge on any atom is -0.462 e. The van der Waals surface area contributed by atoms with Crippen LogP contribution in [0.25, 0.3) is 0 Å². The first-order valence-corrected chi connectivity index (χ1v) is 55.9. The quantitative estimate of drug-likeness (QED) is 0.0840. The predicted molar refractivity (Wildman–Crippen MR) is 486 cm³/mol. The lowest BCUT2D eigenvalue weighted by Crippen LogP contribution is -2.55. The van der Waals surface area contributed by atoms with Gasteiger partial charge in [-0.3, -0.25) is 19.2 Å². The van der Waals surface area contributed by atoms with E-state index >= 15 is 19.2 Å². The van der Waals surface area contributed by atoms with Crippen LogP contribution in [0.3, 0.4) is 0 Å². The third kappa shape index (κ3) is 17.5. The standard InChI is InChI=1S/C108H172N8O8/c117-105-69-21-9-17-65(53-69)97-85-41-33-73(109-85)57-77-37-45-89(113-77)99(90-46-38-78(114-90)58-74-34-42-86(97)110-74)67-19-11-23-71(55-67)107(119)123-95-51-31-63-15-3-7-27-83(63)103(95)104-84-28-8-4-16-64(84)32-52-96(104)124-108(120)72-24-12-20-68(56-72)100-91-47-39-79(115-91)59-75-35-43-87(111-75)98(88-44-36-76(112-88)60-80-40-48-92(100)116-80)66-18-10-22-70(54-66)106(118)122-94-50-30-62-14-2-6-26-82(62)102(94)101-81-25-5-1-13-61(81)29-49-93(101)121-105/h61-104,109-116H,1-60H2. The highest BCUT2D eigenvalue weighted by molar-refractivity contribution is 5.74. The second-order valence-electron chi connectivity index (χ2n) is 49.5. The molecule has 26 fully saturated rings. The summed E-state index contributed by atoms with van der Waals surface area (Å²) in [6, 6.07) is 7.54. The number of nitrogens with one attached hydrogen (secondary N) is 8. The first kappa shape index (κ1) is 85.7. The van der Waals surface area contributed by atoms with Crippen molar-refractivity contribution in [1.82, 2.24) is 42.5 Å². The highest BCUT2D eigenvalue weighted by Gasteiger charge is 2.60. The van der Waals surface area contributed by atoms with Crippen molar-refractivity contribution >= 4 is 23.9 Å². The highest BCUT2D eigenvalue weighted by atomic mass is 16.6. The second-order valence-corrected chi connectivity index (χ2v) is 49.5. The Morgan fingerprint density at radius 3 is 0.548 bits per heavy atom. The van der Waals surface area contributed by atoms with Crippen molar-refractivity contribution in [3.8, 4) is 0 Å². The number of carbonyl (C=O) groups is 4. The topological polar surface area (TPSA) is 201 Å². The minimum absolute atomic E-state index is 0.0570. The number of ether oxygens (including phenoxy) is 4. The van der Waals surface area contributed by atoms with Crippen LogP contribution >= 0.6 is 0 Å². The summed E-state index contributed by atoms with van der Waals surface area (Å²) < 4.78 is 30.0. The zero-order valence-electron chi connectivity index (χ0n) is 77.1. The molecule has 692 valence electrons. The number of hydrogen-bond acceptors (Lipinski definition) is 16. The molecule has 14 aliphatic heterocycles. The van der Waals surface area contributed by atoms with Crippen molar-refractivity contribution in [2.45, 2.75) is 506 Å². The average Bonchev–Trinajstić information content (AvgIpc) is 0.853. The van der Waals surface area contributed by atoms with Crippen molar-refractivity contribution in [3.63, 3.8) is 0 Å². The molecule has 0 spiro atoms. The molecule has 12 saturated carbocycles. The van der Waals surface area contributed by atoms with E-state index in [0.717, 1.165) is 103 Å². The van der Waals surface area contributed by atoms with Gasteiger partial charge in [0.05, 0.1) is 23.7 Å². The Morgan fingerprint density at radius 1 is 0.161 bits per heavy atom. The number of fused-ring (bicyclic) bond motifs is 4. The van der Waals surface area contributed by atoms with Crippen LogP contribution in [-0.2, 0) is 38.1 Å². The van der Waals surface area contributed by atoms with Crippen molar-refractivity contribution < 1.29 is 38.1 Å². The van der Waals surface area contributed by atoms with Crippen LogP contribution in [0.15, 0.2) is 0 Å². The molecule has 0 aromatic carbocycles. The van der Waals surface area contributed by atoms with E-state index in [9.17, 15) is 0 Å². The molecule has 40 unspecified atom stereocenters. The summed E-state index contributed by atoms with van der Waals surface area (Å²) in [5, 5.41) is 35.9. The maximum absolute atomic E-state index is 15.9. The summed E-state index contributed by atoms with van der Waals surface area (Å²) >= 11 is 0. The van der Waals surface area contributed by atoms with E-state index in [1.54, 1.807) is 0 Å². The predicted octanol–water partition coefficient (Wildman–Crippen LogP) is 18.8. The first-order chi connectivity index (χ1) is 61.0. The fourth-order valence-corrected chi connectivity index (χ4v) is 38.5. The molecular weight excluding hydrogens is 1540 g/mol. The molecule has 16 heteroatoms. The van der Waals surface area contributed by atoms with Gasteiger partial charge in [0.2, 0.25) is 0 Å². The van der Waals surface area contributed by atoms with E-state index in [1.807, 2.05) is 0 Å². The van der Waals surface area contributed by atoms with Gasteiger partial charge in [0.1, 0.15) is 24.4 Å². The Kier molecular flexibility index (Phi) is 26.1. The third-order valence-electron chi connectivity index (χ3n) is 43.4. The summed E-state index contributed by atoms with van der Waals surface area (Å²) in [6.45, 7) is 0. The molecule has 14 heterocycles. The Hall–Kier alpha value is -2.44. The smallest absolute Gasteiger partial charge is 0.309 e. The van der Waals surface area contributed by atoms with Gasteiger partial charge in [-0.25, -0.2) is 0 Å². The highest BCUT2D eigenvalue weighted by Crippen LogP contribution is 2.61. The van der Waals surface area contributed by atoms with Crippen LogP contribution in [0, 0.1) is 142 Å². The van der Waals surface area contributed by atoms with E-state index in [-0.39, 0.29) is 95.6 Å². The van der Waals surface area contributed by atoms with Gasteiger partial charge in [-0.05, 0) is 352 Å². The largest absolute Gasteiger partial charge is 0.462 e. The zero-order chi connectivity index (χ0) is 82.6. The van der Waals surface area contributed by atoms with E-state index in [4.69, 9.17) is 18.9 Å². The summed E-state index contributed by atoms with van der Waals surface area (Å²) in [5.41, 5.74) is 0. The monoisotopic (exact) mass is 1710 g/mol. The van der Waals surface area contributed by atoms with Crippen molar-refractivity contribution in [2.75, 3.05) is 0 Å². The molecule has 0 radical (unpaired) electrons. The lowest BCUT2D eigenvalue weighted by molar-refractivity contribution is -0.188. The number of hydrogen-bond donors (Lipinski definition) is 8. The number of esters is 4. The number of rotatable bonds is 0. The summed E-state index contributed by atoms with van der Waals surface area (Å²) in [6.07, 6.45) is 70.2. The van der Waals surface area contributed by atoms with Crippen LogP contribution in [-0.4, -0.2) is 145 Å². The molecule has 16 nitrogen and oxygen atoms in total. The van der Waals surface area contributed by atoms with Crippen LogP contribution in [0.2, 0.25) is 0 Å². The fourth-order valence-electron chi connectivity index (χ4n) is 38.5. The van der Waals surface area contributed by atoms with Gasteiger partial charge in [-0.15, -0.1) is 0 Å². The van der Waals surface area contributed by atoms with Crippen molar-refractivity contribution in [2.24, 2.45) is 142 Å². The fraction of sp³-hybridized carbons (Fsp3) is 0.963. The molecule has 0 aromatic heterocycles. The van der Waals surface area contributed by atoms with Gasteiger partial charge >= 0.3 is 23.9 Å². The number of carbonyl (C=O) groups excluding carboxylic acids is 4. The molecule has 26 aliphatic rings. The molecule has 12 aliphatic carbocycles. The summed E-state index contributed by atoms with van der Waals surface area (Å²) in [4.78, 5) is 63.5. The molecule has 0 aromatic rings.